The van der Waals surface area contributed by atoms with Gasteiger partial charge in [-0.25, -0.2) is 4.28 Å². The van der Waals surface area contributed by atoms with Gasteiger partial charge in [0.2, 0.25) is 5.82 Å². The molecule has 0 atom stereocenters. The molecular formula is C12H20N5O4S+. The molecule has 0 aromatic carbocycles. The van der Waals surface area contributed by atoms with Crippen molar-refractivity contribution in [2.75, 3.05) is 29.5 Å². The molecule has 1 heterocycles. The van der Waals surface area contributed by atoms with Crippen LogP contribution in [0.2, 0.25) is 0 Å². The molecule has 1 rings (SSSR count). The maximum absolute atomic E-state index is 10.8. The molecule has 0 aliphatic carbocycles. The highest BCUT2D eigenvalue weighted by molar-refractivity contribution is 7.80. The van der Waals surface area contributed by atoms with Gasteiger partial charge in [-0.05, 0) is 18.6 Å². The highest BCUT2D eigenvalue weighted by Crippen LogP contribution is 2.14. The van der Waals surface area contributed by atoms with Crippen molar-refractivity contribution in [2.45, 2.75) is 13.8 Å². The lowest BCUT2D eigenvalue weighted by Gasteiger charge is -2.19. The van der Waals surface area contributed by atoms with Gasteiger partial charge >= 0.3 is 16.3 Å². The SMILES string of the molecule is CC=CCN(CC=CC)c1cc(N)[n+](OS(=O)(=O)O)c(N)n1. The first-order valence-corrected chi connectivity index (χ1v) is 7.77. The van der Waals surface area contributed by atoms with E-state index in [1.165, 1.54) is 6.07 Å². The largest absolute Gasteiger partial charge is 0.474 e. The van der Waals surface area contributed by atoms with Crippen molar-refractivity contribution < 1.29 is 22.0 Å². The summed E-state index contributed by atoms with van der Waals surface area (Å²) in [5, 5.41) is 0. The fraction of sp³-hybridized carbons (Fsp3) is 0.333. The lowest BCUT2D eigenvalue weighted by molar-refractivity contribution is -0.835. The zero-order valence-corrected chi connectivity index (χ0v) is 13.2. The van der Waals surface area contributed by atoms with Crippen molar-refractivity contribution in [1.82, 2.24) is 4.98 Å². The monoisotopic (exact) mass is 330 g/mol. The van der Waals surface area contributed by atoms with Crippen LogP contribution in [0.5, 0.6) is 0 Å². The molecule has 0 spiro atoms. The highest BCUT2D eigenvalue weighted by atomic mass is 32.3. The van der Waals surface area contributed by atoms with E-state index in [4.69, 9.17) is 16.0 Å². The van der Waals surface area contributed by atoms with Crippen LogP contribution in [0.25, 0.3) is 0 Å². The van der Waals surface area contributed by atoms with E-state index in [0.717, 1.165) is 0 Å². The topological polar surface area (TPSA) is 136 Å². The molecule has 0 radical (unpaired) electrons. The van der Waals surface area contributed by atoms with Crippen LogP contribution < -0.4 is 25.4 Å². The number of hydrogen-bond acceptors (Lipinski definition) is 7. The van der Waals surface area contributed by atoms with E-state index in [0.29, 0.717) is 23.6 Å². The minimum atomic E-state index is -4.76. The fourth-order valence-electron chi connectivity index (χ4n) is 1.58. The van der Waals surface area contributed by atoms with E-state index < -0.39 is 10.4 Å². The molecule has 0 saturated heterocycles. The van der Waals surface area contributed by atoms with Gasteiger partial charge in [0.15, 0.2) is 5.82 Å². The van der Waals surface area contributed by atoms with Gasteiger partial charge in [0.25, 0.3) is 0 Å². The van der Waals surface area contributed by atoms with Crippen LogP contribution in [-0.4, -0.2) is 31.0 Å². The predicted molar refractivity (Wildman–Crippen MR) is 83.2 cm³/mol. The Hall–Kier alpha value is -2.33. The van der Waals surface area contributed by atoms with Crippen molar-refractivity contribution in [1.29, 1.82) is 0 Å². The molecule has 0 aliphatic rings. The van der Waals surface area contributed by atoms with Crippen LogP contribution in [0.1, 0.15) is 13.8 Å². The average molecular weight is 330 g/mol. The van der Waals surface area contributed by atoms with Gasteiger partial charge in [0.1, 0.15) is 0 Å². The third-order valence-corrected chi connectivity index (χ3v) is 2.90. The second kappa shape index (κ2) is 7.61. The first kappa shape index (κ1) is 17.7. The molecule has 0 saturated carbocycles. The van der Waals surface area contributed by atoms with Gasteiger partial charge in [0, 0.05) is 13.1 Å². The Morgan fingerprint density at radius 3 is 2.27 bits per heavy atom. The number of nitrogens with two attached hydrogens (primary N) is 2. The first-order valence-electron chi connectivity index (χ1n) is 6.41. The van der Waals surface area contributed by atoms with Gasteiger partial charge in [0.05, 0.1) is 6.07 Å². The Labute approximate surface area is 129 Å². The number of allylic oxidation sites excluding steroid dienone is 2. The van der Waals surface area contributed by atoms with Gasteiger partial charge in [-0.3, -0.25) is 4.55 Å². The minimum Gasteiger partial charge on any atom is -0.339 e. The van der Waals surface area contributed by atoms with E-state index in [1.54, 1.807) is 0 Å². The predicted octanol–water partition coefficient (Wildman–Crippen LogP) is -0.276. The van der Waals surface area contributed by atoms with E-state index in [9.17, 15) is 8.42 Å². The smallest absolute Gasteiger partial charge is 0.339 e. The van der Waals surface area contributed by atoms with E-state index in [-0.39, 0.29) is 11.8 Å². The highest BCUT2D eigenvalue weighted by Gasteiger charge is 2.21. The van der Waals surface area contributed by atoms with Crippen molar-refractivity contribution in [3.05, 3.63) is 30.4 Å². The summed E-state index contributed by atoms with van der Waals surface area (Å²) in [5.41, 5.74) is 11.3. The summed E-state index contributed by atoms with van der Waals surface area (Å²) in [5.74, 6) is 0.0195. The molecule has 122 valence electrons. The van der Waals surface area contributed by atoms with Crippen LogP contribution in [0.4, 0.5) is 17.6 Å². The Balaban J connectivity index is 3.18. The summed E-state index contributed by atoms with van der Waals surface area (Å²) >= 11 is 0. The van der Waals surface area contributed by atoms with Gasteiger partial charge in [-0.2, -0.15) is 8.42 Å². The summed E-state index contributed by atoms with van der Waals surface area (Å²) < 4.78 is 35.0. The zero-order chi connectivity index (χ0) is 16.8. The molecule has 0 unspecified atom stereocenters. The molecule has 0 amide bonds. The maximum Gasteiger partial charge on any atom is 0.474 e. The lowest BCUT2D eigenvalue weighted by atomic mass is 10.3. The van der Waals surface area contributed by atoms with Crippen LogP contribution in [0.3, 0.4) is 0 Å². The molecule has 0 fully saturated rings. The van der Waals surface area contributed by atoms with Gasteiger partial charge < -0.3 is 16.4 Å². The quantitative estimate of drug-likeness (QED) is 0.353. The molecule has 10 heteroatoms. The summed E-state index contributed by atoms with van der Waals surface area (Å²) in [6.45, 7) is 4.91. The average Bonchev–Trinajstić information content (AvgIpc) is 2.42. The van der Waals surface area contributed by atoms with Crippen LogP contribution in [-0.2, 0) is 10.4 Å². The Kier molecular flexibility index (Phi) is 6.13. The normalized spacial score (nSPS) is 12.1. The molecule has 1 aromatic rings. The Morgan fingerprint density at radius 2 is 1.86 bits per heavy atom. The summed E-state index contributed by atoms with van der Waals surface area (Å²) in [7, 11) is -4.76. The number of nitrogen functional groups attached to an aromatic ring is 2. The zero-order valence-electron chi connectivity index (χ0n) is 12.4. The maximum atomic E-state index is 10.8. The number of nitrogens with zero attached hydrogens (tertiary/aromatic N) is 3. The molecule has 22 heavy (non-hydrogen) atoms. The summed E-state index contributed by atoms with van der Waals surface area (Å²) in [6.07, 6.45) is 7.63. The molecule has 0 bridgehead atoms. The van der Waals surface area contributed by atoms with E-state index in [2.05, 4.69) is 9.27 Å². The molecule has 5 N–H and O–H groups in total. The molecular weight excluding hydrogens is 310 g/mol. The van der Waals surface area contributed by atoms with Crippen LogP contribution in [0, 0.1) is 0 Å². The van der Waals surface area contributed by atoms with Crippen molar-refractivity contribution in [3.8, 4) is 0 Å². The van der Waals surface area contributed by atoms with Crippen molar-refractivity contribution >= 4 is 28.0 Å². The van der Waals surface area contributed by atoms with Crippen LogP contribution >= 0.6 is 0 Å². The number of rotatable bonds is 7. The summed E-state index contributed by atoms with van der Waals surface area (Å²) in [4.78, 5) is 5.91. The van der Waals surface area contributed by atoms with E-state index in [1.807, 2.05) is 43.1 Å². The second-order valence-corrected chi connectivity index (χ2v) is 5.24. The van der Waals surface area contributed by atoms with E-state index >= 15 is 0 Å². The van der Waals surface area contributed by atoms with Crippen LogP contribution in [0.15, 0.2) is 30.4 Å². The molecule has 1 aromatic heterocycles. The molecule has 9 nitrogen and oxygen atoms in total. The first-order chi connectivity index (χ1) is 10.3. The van der Waals surface area contributed by atoms with Crippen molar-refractivity contribution in [3.63, 3.8) is 0 Å². The van der Waals surface area contributed by atoms with Gasteiger partial charge in [-0.15, -0.1) is 0 Å². The minimum absolute atomic E-state index is 0.119. The second-order valence-electron chi connectivity index (χ2n) is 4.24. The number of hydrogen-bond donors (Lipinski definition) is 3. The number of anilines is 3. The molecule has 0 aliphatic heterocycles. The standard InChI is InChI=1S/C12H19N5O4S/c1-3-5-7-16(8-6-4-2)11-9-10(13)17(12(14)15-11)21-22(18,19)20/h3-6,9H,7-8H2,1-2H3,(H4,13,14,15,18,19,20)/p+1. The fourth-order valence-corrected chi connectivity index (χ4v) is 1.93. The van der Waals surface area contributed by atoms with Gasteiger partial charge in [-0.1, -0.05) is 29.3 Å². The Morgan fingerprint density at radius 1 is 1.32 bits per heavy atom. The third-order valence-electron chi connectivity index (χ3n) is 2.56. The number of aromatic nitrogens is 2. The third kappa shape index (κ3) is 5.22. The Bertz CT molecular complexity index is 635. The summed E-state index contributed by atoms with van der Waals surface area (Å²) in [6, 6.07) is 1.40. The van der Waals surface area contributed by atoms with Crippen molar-refractivity contribution in [2.24, 2.45) is 0 Å². The lowest BCUT2D eigenvalue weighted by Crippen LogP contribution is -2.50.